The number of carbonyl (C=O) groups excluding carboxylic acids is 2. The molecule has 1 aliphatic heterocycles. The molecule has 0 spiro atoms. The van der Waals surface area contributed by atoms with Gasteiger partial charge in [-0.15, -0.1) is 0 Å². The van der Waals surface area contributed by atoms with Crippen molar-refractivity contribution in [1.82, 2.24) is 10.6 Å². The predicted octanol–water partition coefficient (Wildman–Crippen LogP) is 4.19. The maximum absolute atomic E-state index is 13.0. The molecule has 0 bridgehead atoms. The normalized spacial score (nSPS) is 19.5. The Morgan fingerprint density at radius 1 is 1.15 bits per heavy atom. The summed E-state index contributed by atoms with van der Waals surface area (Å²) in [4.78, 5) is 24.9. The van der Waals surface area contributed by atoms with E-state index in [1.54, 1.807) is 0 Å². The molecule has 3 amide bonds. The molecule has 6 heteroatoms. The van der Waals surface area contributed by atoms with Crippen LogP contribution in [0.5, 0.6) is 0 Å². The summed E-state index contributed by atoms with van der Waals surface area (Å²) in [6.07, 6.45) is 0. The van der Waals surface area contributed by atoms with Crippen molar-refractivity contribution in [3.8, 4) is 0 Å². The van der Waals surface area contributed by atoms with Crippen molar-refractivity contribution in [3.05, 3.63) is 75.9 Å². The molecule has 2 atom stereocenters. The van der Waals surface area contributed by atoms with Gasteiger partial charge in [-0.3, -0.25) is 4.79 Å². The average Bonchev–Trinajstić information content (AvgIpc) is 2.56. The summed E-state index contributed by atoms with van der Waals surface area (Å²) in [5.74, 6) is -0.854. The third-order valence-electron chi connectivity index (χ3n) is 4.42. The molecule has 0 aliphatic carbocycles. The SMILES string of the molecule is C=C1NC(=O)N[C@H](c2ccc(C)cc2C)[C@H]1C(=O)Nc1ccc(Br)cc1. The van der Waals surface area contributed by atoms with Crippen molar-refractivity contribution in [2.75, 3.05) is 5.32 Å². The molecule has 2 aromatic rings. The number of rotatable bonds is 3. The predicted molar refractivity (Wildman–Crippen MR) is 106 cm³/mol. The molecule has 1 heterocycles. The van der Waals surface area contributed by atoms with Crippen molar-refractivity contribution in [2.24, 2.45) is 5.92 Å². The van der Waals surface area contributed by atoms with E-state index in [-0.39, 0.29) is 11.9 Å². The van der Waals surface area contributed by atoms with Crippen LogP contribution in [0.15, 0.2) is 59.2 Å². The number of benzene rings is 2. The molecule has 0 aromatic heterocycles. The van der Waals surface area contributed by atoms with Crippen molar-refractivity contribution in [2.45, 2.75) is 19.9 Å². The summed E-state index contributed by atoms with van der Waals surface area (Å²) in [5, 5.41) is 8.40. The quantitative estimate of drug-likeness (QED) is 0.705. The summed E-state index contributed by atoms with van der Waals surface area (Å²) in [6.45, 7) is 7.89. The standard InChI is InChI=1S/C20H20BrN3O2/c1-11-4-9-16(12(2)10-11)18-17(13(3)22-20(26)24-18)19(25)23-15-7-5-14(21)6-8-15/h4-10,17-18H,3H2,1-2H3,(H,23,25)(H2,22,24,26)/t17-,18+/m0/s1. The van der Waals surface area contributed by atoms with Crippen LogP contribution in [-0.4, -0.2) is 11.9 Å². The number of halogens is 1. The maximum atomic E-state index is 13.0. The van der Waals surface area contributed by atoms with E-state index in [0.29, 0.717) is 11.4 Å². The van der Waals surface area contributed by atoms with Crippen molar-refractivity contribution >= 4 is 33.6 Å². The van der Waals surface area contributed by atoms with Gasteiger partial charge in [-0.2, -0.15) is 0 Å². The van der Waals surface area contributed by atoms with Crippen LogP contribution in [-0.2, 0) is 4.79 Å². The second-order valence-corrected chi connectivity index (χ2v) is 7.35. The van der Waals surface area contributed by atoms with Gasteiger partial charge >= 0.3 is 6.03 Å². The van der Waals surface area contributed by atoms with E-state index in [1.165, 1.54) is 0 Å². The zero-order valence-electron chi connectivity index (χ0n) is 14.6. The molecule has 26 heavy (non-hydrogen) atoms. The number of anilines is 1. The zero-order valence-corrected chi connectivity index (χ0v) is 16.2. The molecule has 3 N–H and O–H groups in total. The number of hydrogen-bond acceptors (Lipinski definition) is 2. The lowest BCUT2D eigenvalue weighted by atomic mass is 9.85. The van der Waals surface area contributed by atoms with Gasteiger partial charge in [-0.1, -0.05) is 46.3 Å². The number of nitrogens with one attached hydrogen (secondary N) is 3. The average molecular weight is 414 g/mol. The Bertz CT molecular complexity index is 877. The lowest BCUT2D eigenvalue weighted by molar-refractivity contribution is -0.119. The maximum Gasteiger partial charge on any atom is 0.319 e. The van der Waals surface area contributed by atoms with E-state index in [1.807, 2.05) is 56.3 Å². The number of amides is 3. The van der Waals surface area contributed by atoms with Crippen LogP contribution in [0.3, 0.4) is 0 Å². The molecule has 1 saturated heterocycles. The van der Waals surface area contributed by atoms with Gasteiger partial charge in [-0.25, -0.2) is 4.79 Å². The highest BCUT2D eigenvalue weighted by molar-refractivity contribution is 9.10. The first kappa shape index (κ1) is 18.2. The van der Waals surface area contributed by atoms with Crippen LogP contribution in [0.4, 0.5) is 10.5 Å². The number of carbonyl (C=O) groups is 2. The molecule has 0 radical (unpaired) electrons. The van der Waals surface area contributed by atoms with E-state index >= 15 is 0 Å². The van der Waals surface area contributed by atoms with Crippen LogP contribution in [0.1, 0.15) is 22.7 Å². The Labute approximate surface area is 161 Å². The fourth-order valence-corrected chi connectivity index (χ4v) is 3.44. The van der Waals surface area contributed by atoms with E-state index in [4.69, 9.17) is 0 Å². The van der Waals surface area contributed by atoms with Gasteiger partial charge < -0.3 is 16.0 Å². The van der Waals surface area contributed by atoms with E-state index in [9.17, 15) is 9.59 Å². The largest absolute Gasteiger partial charge is 0.330 e. The third-order valence-corrected chi connectivity index (χ3v) is 4.95. The second-order valence-electron chi connectivity index (χ2n) is 6.44. The Morgan fingerprint density at radius 3 is 2.50 bits per heavy atom. The highest BCUT2D eigenvalue weighted by Gasteiger charge is 2.38. The fourth-order valence-electron chi connectivity index (χ4n) is 3.18. The summed E-state index contributed by atoms with van der Waals surface area (Å²) in [7, 11) is 0. The molecule has 2 aromatic carbocycles. The highest BCUT2D eigenvalue weighted by atomic mass is 79.9. The second kappa shape index (κ2) is 7.33. The number of hydrogen-bond donors (Lipinski definition) is 3. The van der Waals surface area contributed by atoms with Crippen molar-refractivity contribution in [1.29, 1.82) is 0 Å². The van der Waals surface area contributed by atoms with E-state index in [0.717, 1.165) is 21.2 Å². The lowest BCUT2D eigenvalue weighted by Gasteiger charge is -2.34. The van der Waals surface area contributed by atoms with Crippen LogP contribution in [0.25, 0.3) is 0 Å². The lowest BCUT2D eigenvalue weighted by Crippen LogP contribution is -2.52. The van der Waals surface area contributed by atoms with Crippen molar-refractivity contribution < 1.29 is 9.59 Å². The van der Waals surface area contributed by atoms with Crippen LogP contribution < -0.4 is 16.0 Å². The minimum atomic E-state index is -0.627. The Kier molecular flexibility index (Phi) is 5.13. The van der Waals surface area contributed by atoms with Gasteiger partial charge in [0.25, 0.3) is 0 Å². The molecular formula is C20H20BrN3O2. The Balaban J connectivity index is 1.92. The minimum Gasteiger partial charge on any atom is -0.330 e. The molecule has 1 fully saturated rings. The Hall–Kier alpha value is -2.60. The molecule has 3 rings (SSSR count). The van der Waals surface area contributed by atoms with Gasteiger partial charge in [0.1, 0.15) is 5.92 Å². The zero-order chi connectivity index (χ0) is 18.8. The highest BCUT2D eigenvalue weighted by Crippen LogP contribution is 2.32. The van der Waals surface area contributed by atoms with Gasteiger partial charge in [-0.05, 0) is 49.2 Å². The number of aryl methyl sites for hydroxylation is 2. The first-order valence-corrected chi connectivity index (χ1v) is 9.04. The van der Waals surface area contributed by atoms with Crippen LogP contribution in [0.2, 0.25) is 0 Å². The van der Waals surface area contributed by atoms with Crippen LogP contribution in [0, 0.1) is 19.8 Å². The van der Waals surface area contributed by atoms with Gasteiger partial charge in [0.05, 0.1) is 6.04 Å². The molecule has 0 unspecified atom stereocenters. The summed E-state index contributed by atoms with van der Waals surface area (Å²) in [5.41, 5.74) is 4.12. The molecule has 1 aliphatic rings. The molecule has 134 valence electrons. The van der Waals surface area contributed by atoms with Crippen molar-refractivity contribution in [3.63, 3.8) is 0 Å². The first-order chi connectivity index (χ1) is 12.3. The smallest absolute Gasteiger partial charge is 0.319 e. The summed E-state index contributed by atoms with van der Waals surface area (Å²) < 4.78 is 0.930. The molecule has 5 nitrogen and oxygen atoms in total. The van der Waals surface area contributed by atoms with Gasteiger partial charge in [0.2, 0.25) is 5.91 Å². The monoisotopic (exact) mass is 413 g/mol. The molecule has 0 saturated carbocycles. The Morgan fingerprint density at radius 2 is 1.85 bits per heavy atom. The molecular weight excluding hydrogens is 394 g/mol. The van der Waals surface area contributed by atoms with E-state index in [2.05, 4.69) is 38.5 Å². The van der Waals surface area contributed by atoms with Gasteiger partial charge in [0.15, 0.2) is 0 Å². The minimum absolute atomic E-state index is 0.227. The summed E-state index contributed by atoms with van der Waals surface area (Å²) >= 11 is 3.37. The summed E-state index contributed by atoms with van der Waals surface area (Å²) in [6, 6.07) is 12.5. The van der Waals surface area contributed by atoms with Crippen LogP contribution >= 0.6 is 15.9 Å². The first-order valence-electron chi connectivity index (χ1n) is 8.25. The van der Waals surface area contributed by atoms with E-state index < -0.39 is 12.0 Å². The fraction of sp³-hybridized carbons (Fsp3) is 0.200. The van der Waals surface area contributed by atoms with Gasteiger partial charge in [0, 0.05) is 15.9 Å². The topological polar surface area (TPSA) is 70.2 Å². The third kappa shape index (κ3) is 3.80. The number of urea groups is 1.